The fraction of sp³-hybridized carbons (Fsp3) is 0.385. The summed E-state index contributed by atoms with van der Waals surface area (Å²) < 4.78 is 0. The number of aryl methyl sites for hydroxylation is 2. The third-order valence-corrected chi connectivity index (χ3v) is 6.07. The van der Waals surface area contributed by atoms with Gasteiger partial charge in [0.15, 0.2) is 0 Å². The second kappa shape index (κ2) is 9.92. The summed E-state index contributed by atoms with van der Waals surface area (Å²) in [5.41, 5.74) is 3.45. The van der Waals surface area contributed by atoms with Crippen LogP contribution in [0.3, 0.4) is 0 Å². The van der Waals surface area contributed by atoms with Crippen molar-refractivity contribution in [3.05, 3.63) is 76.4 Å². The molecule has 0 aromatic heterocycles. The first-order valence-corrected chi connectivity index (χ1v) is 11.0. The maximum atomic E-state index is 13.1. The standard InChI is InChI=1S/C26H32N2O3/c1-5-27(6-2)15-10-16-28-23(20-11-8-7-9-12-20)22(25(30)26(28)31)24(29)21-17-18(3)13-14-19(21)4/h7-9,11-14,17,23,29H,5-6,10,15-16H2,1-4H3. The number of aliphatic hydroxyl groups is 1. The van der Waals surface area contributed by atoms with Crippen LogP contribution in [0, 0.1) is 13.8 Å². The Labute approximate surface area is 185 Å². The van der Waals surface area contributed by atoms with Crippen molar-refractivity contribution >= 4 is 17.4 Å². The van der Waals surface area contributed by atoms with Crippen LogP contribution in [0.15, 0.2) is 54.1 Å². The fourth-order valence-electron chi connectivity index (χ4n) is 4.23. The van der Waals surface area contributed by atoms with Crippen LogP contribution < -0.4 is 0 Å². The Morgan fingerprint density at radius 1 is 1.03 bits per heavy atom. The maximum Gasteiger partial charge on any atom is 0.295 e. The van der Waals surface area contributed by atoms with Gasteiger partial charge in [0.1, 0.15) is 5.76 Å². The second-order valence-electron chi connectivity index (χ2n) is 8.10. The lowest BCUT2D eigenvalue weighted by Crippen LogP contribution is -2.33. The number of hydrogen-bond acceptors (Lipinski definition) is 4. The van der Waals surface area contributed by atoms with E-state index in [1.54, 1.807) is 4.90 Å². The van der Waals surface area contributed by atoms with Crippen molar-refractivity contribution in [1.29, 1.82) is 0 Å². The van der Waals surface area contributed by atoms with Crippen LogP contribution in [0.5, 0.6) is 0 Å². The first-order chi connectivity index (χ1) is 14.9. The van der Waals surface area contributed by atoms with Crippen molar-refractivity contribution in [2.75, 3.05) is 26.2 Å². The topological polar surface area (TPSA) is 60.9 Å². The van der Waals surface area contributed by atoms with E-state index in [1.807, 2.05) is 62.4 Å². The van der Waals surface area contributed by atoms with Crippen molar-refractivity contribution in [2.24, 2.45) is 0 Å². The largest absolute Gasteiger partial charge is 0.507 e. The smallest absolute Gasteiger partial charge is 0.295 e. The van der Waals surface area contributed by atoms with Crippen LogP contribution >= 0.6 is 0 Å². The van der Waals surface area contributed by atoms with Gasteiger partial charge in [0.2, 0.25) is 0 Å². The monoisotopic (exact) mass is 420 g/mol. The van der Waals surface area contributed by atoms with Gasteiger partial charge in [-0.3, -0.25) is 9.59 Å². The lowest BCUT2D eigenvalue weighted by atomic mass is 9.93. The van der Waals surface area contributed by atoms with E-state index < -0.39 is 17.7 Å². The summed E-state index contributed by atoms with van der Waals surface area (Å²) in [6, 6.07) is 14.7. The molecule has 1 unspecified atom stereocenters. The number of aliphatic hydroxyl groups excluding tert-OH is 1. The molecule has 3 rings (SSSR count). The molecule has 5 nitrogen and oxygen atoms in total. The average molecular weight is 421 g/mol. The van der Waals surface area contributed by atoms with E-state index in [-0.39, 0.29) is 11.3 Å². The third kappa shape index (κ3) is 4.72. The van der Waals surface area contributed by atoms with Gasteiger partial charge in [-0.1, -0.05) is 61.9 Å². The van der Waals surface area contributed by atoms with Gasteiger partial charge in [-0.25, -0.2) is 0 Å². The number of benzene rings is 2. The van der Waals surface area contributed by atoms with Gasteiger partial charge >= 0.3 is 0 Å². The zero-order valence-corrected chi connectivity index (χ0v) is 18.9. The van der Waals surface area contributed by atoms with Gasteiger partial charge in [-0.2, -0.15) is 0 Å². The van der Waals surface area contributed by atoms with Crippen molar-refractivity contribution in [3.63, 3.8) is 0 Å². The van der Waals surface area contributed by atoms with Crippen molar-refractivity contribution < 1.29 is 14.7 Å². The molecule has 1 atom stereocenters. The van der Waals surface area contributed by atoms with Crippen LogP contribution in [0.25, 0.3) is 5.76 Å². The summed E-state index contributed by atoms with van der Waals surface area (Å²) in [4.78, 5) is 30.0. The summed E-state index contributed by atoms with van der Waals surface area (Å²) in [7, 11) is 0. The Hall–Kier alpha value is -2.92. The summed E-state index contributed by atoms with van der Waals surface area (Å²) in [6.07, 6.45) is 0.765. The highest BCUT2D eigenvalue weighted by Gasteiger charge is 2.45. The number of hydrogen-bond donors (Lipinski definition) is 1. The first-order valence-electron chi connectivity index (χ1n) is 11.0. The Kier molecular flexibility index (Phi) is 7.29. The molecule has 164 valence electrons. The molecule has 1 aliphatic rings. The normalized spacial score (nSPS) is 18.2. The van der Waals surface area contributed by atoms with E-state index in [4.69, 9.17) is 0 Å². The van der Waals surface area contributed by atoms with Crippen LogP contribution in [0.2, 0.25) is 0 Å². The van der Waals surface area contributed by atoms with Gasteiger partial charge < -0.3 is 14.9 Å². The second-order valence-corrected chi connectivity index (χ2v) is 8.10. The molecule has 1 saturated heterocycles. The van der Waals surface area contributed by atoms with Gasteiger partial charge in [-0.05, 0) is 57.1 Å². The minimum atomic E-state index is -0.616. The molecular weight excluding hydrogens is 388 g/mol. The molecule has 0 spiro atoms. The Morgan fingerprint density at radius 3 is 2.35 bits per heavy atom. The zero-order valence-electron chi connectivity index (χ0n) is 18.9. The molecular formula is C26H32N2O3. The number of nitrogens with zero attached hydrogens (tertiary/aromatic N) is 2. The quantitative estimate of drug-likeness (QED) is 0.389. The number of rotatable bonds is 8. The molecule has 0 aliphatic carbocycles. The van der Waals surface area contributed by atoms with E-state index >= 15 is 0 Å². The molecule has 2 aromatic rings. The molecule has 31 heavy (non-hydrogen) atoms. The maximum absolute atomic E-state index is 13.1. The minimum absolute atomic E-state index is 0.0976. The van der Waals surface area contributed by atoms with E-state index in [9.17, 15) is 14.7 Å². The lowest BCUT2D eigenvalue weighted by molar-refractivity contribution is -0.140. The Bertz CT molecular complexity index is 977. The number of ketones is 1. The number of amides is 1. The van der Waals surface area contributed by atoms with Crippen molar-refractivity contribution in [2.45, 2.75) is 40.2 Å². The number of Topliss-reactive ketones (excluding diaryl/α,β-unsaturated/α-hetero) is 1. The van der Waals surface area contributed by atoms with E-state index in [1.165, 1.54) is 0 Å². The highest BCUT2D eigenvalue weighted by Crippen LogP contribution is 2.39. The van der Waals surface area contributed by atoms with Crippen LogP contribution in [-0.4, -0.2) is 52.8 Å². The van der Waals surface area contributed by atoms with Crippen LogP contribution in [0.4, 0.5) is 0 Å². The molecule has 1 fully saturated rings. The number of carbonyl (C=O) groups excluding carboxylic acids is 2. The highest BCUT2D eigenvalue weighted by atomic mass is 16.3. The van der Waals surface area contributed by atoms with Crippen molar-refractivity contribution in [1.82, 2.24) is 9.80 Å². The minimum Gasteiger partial charge on any atom is -0.507 e. The van der Waals surface area contributed by atoms with E-state index in [2.05, 4.69) is 18.7 Å². The van der Waals surface area contributed by atoms with Crippen LogP contribution in [0.1, 0.15) is 48.6 Å². The predicted molar refractivity (Wildman–Crippen MR) is 124 cm³/mol. The number of likely N-dealkylation sites (tertiary alicyclic amines) is 1. The molecule has 0 saturated carbocycles. The van der Waals surface area contributed by atoms with Gasteiger partial charge in [-0.15, -0.1) is 0 Å². The summed E-state index contributed by atoms with van der Waals surface area (Å²) in [5, 5.41) is 11.2. The molecule has 1 N–H and O–H groups in total. The van der Waals surface area contributed by atoms with Crippen molar-refractivity contribution in [3.8, 4) is 0 Å². The molecule has 5 heteroatoms. The Morgan fingerprint density at radius 2 is 1.71 bits per heavy atom. The molecule has 0 bridgehead atoms. The average Bonchev–Trinajstić information content (AvgIpc) is 3.03. The highest BCUT2D eigenvalue weighted by molar-refractivity contribution is 6.46. The van der Waals surface area contributed by atoms with E-state index in [0.29, 0.717) is 12.1 Å². The zero-order chi connectivity index (χ0) is 22.5. The molecule has 1 heterocycles. The van der Waals surface area contributed by atoms with Gasteiger partial charge in [0.25, 0.3) is 11.7 Å². The fourth-order valence-corrected chi connectivity index (χ4v) is 4.23. The first kappa shape index (κ1) is 22.8. The summed E-state index contributed by atoms with van der Waals surface area (Å²) in [5.74, 6) is -1.25. The van der Waals surface area contributed by atoms with E-state index in [0.717, 1.165) is 42.7 Å². The summed E-state index contributed by atoms with van der Waals surface area (Å²) >= 11 is 0. The van der Waals surface area contributed by atoms with Gasteiger partial charge in [0, 0.05) is 12.1 Å². The summed E-state index contributed by atoms with van der Waals surface area (Å²) in [6.45, 7) is 11.3. The molecule has 1 amide bonds. The SMILES string of the molecule is CCN(CC)CCCN1C(=O)C(=O)C(=C(O)c2cc(C)ccc2C)C1c1ccccc1. The van der Waals surface area contributed by atoms with Gasteiger partial charge in [0.05, 0.1) is 11.6 Å². The Balaban J connectivity index is 2.04. The molecule has 1 aliphatic heterocycles. The lowest BCUT2D eigenvalue weighted by Gasteiger charge is -2.27. The van der Waals surface area contributed by atoms with Crippen LogP contribution in [-0.2, 0) is 9.59 Å². The number of carbonyl (C=O) groups is 2. The molecule has 0 radical (unpaired) electrons. The third-order valence-electron chi connectivity index (χ3n) is 6.07. The predicted octanol–water partition coefficient (Wildman–Crippen LogP) is 4.46. The molecule has 2 aromatic carbocycles.